The van der Waals surface area contributed by atoms with Crippen molar-refractivity contribution in [2.24, 2.45) is 0 Å². The van der Waals surface area contributed by atoms with Crippen LogP contribution >= 0.6 is 11.8 Å². The predicted octanol–water partition coefficient (Wildman–Crippen LogP) is 0.224. The van der Waals surface area contributed by atoms with Gasteiger partial charge in [0.2, 0.25) is 0 Å². The van der Waals surface area contributed by atoms with Crippen LogP contribution in [0.15, 0.2) is 18.3 Å². The number of aromatic nitrogens is 1. The third-order valence-corrected chi connectivity index (χ3v) is 5.55. The number of sulfone groups is 1. The molecule has 0 bridgehead atoms. The van der Waals surface area contributed by atoms with Gasteiger partial charge in [0.05, 0.1) is 5.56 Å². The molecule has 1 aromatic heterocycles. The molecule has 1 aliphatic heterocycles. The Morgan fingerprint density at radius 2 is 2.32 bits per heavy atom. The second-order valence-corrected chi connectivity index (χ2v) is 7.65. The number of thioether (sulfide) groups is 1. The van der Waals surface area contributed by atoms with Crippen LogP contribution in [0, 0.1) is 0 Å². The molecular weight excluding hydrogens is 286 g/mol. The summed E-state index contributed by atoms with van der Waals surface area (Å²) >= 11 is 1.53. The summed E-state index contributed by atoms with van der Waals surface area (Å²) in [7, 11) is -3.32. The van der Waals surface area contributed by atoms with Crippen LogP contribution in [0.1, 0.15) is 10.4 Å². The molecule has 19 heavy (non-hydrogen) atoms. The summed E-state index contributed by atoms with van der Waals surface area (Å²) in [6.45, 7) is 0.398. The van der Waals surface area contributed by atoms with E-state index in [1.54, 1.807) is 12.1 Å². The van der Waals surface area contributed by atoms with Crippen LogP contribution in [0.2, 0.25) is 0 Å². The number of nitrogens with two attached hydrogens (primary N) is 1. The molecule has 1 amide bonds. The number of pyridine rings is 1. The molecule has 0 aromatic carbocycles. The molecule has 0 aliphatic carbocycles. The SMILES string of the molecule is CS(=O)(=O)C1CSCCN1C(=O)c1cccnc1N. The highest BCUT2D eigenvalue weighted by atomic mass is 32.2. The first-order valence-corrected chi connectivity index (χ1v) is 8.80. The number of nitrogen functional groups attached to an aromatic ring is 1. The number of hydrogen-bond donors (Lipinski definition) is 1. The predicted molar refractivity (Wildman–Crippen MR) is 75.6 cm³/mol. The lowest BCUT2D eigenvalue weighted by atomic mass is 10.2. The Bertz CT molecular complexity index is 589. The highest BCUT2D eigenvalue weighted by molar-refractivity contribution is 8.00. The number of hydrogen-bond acceptors (Lipinski definition) is 6. The van der Waals surface area contributed by atoms with Gasteiger partial charge in [0.1, 0.15) is 11.2 Å². The van der Waals surface area contributed by atoms with E-state index < -0.39 is 15.2 Å². The van der Waals surface area contributed by atoms with Gasteiger partial charge in [0.15, 0.2) is 9.84 Å². The van der Waals surface area contributed by atoms with Crippen molar-refractivity contribution in [3.05, 3.63) is 23.9 Å². The van der Waals surface area contributed by atoms with Gasteiger partial charge < -0.3 is 10.6 Å². The molecule has 0 saturated carbocycles. The number of rotatable bonds is 2. The molecule has 1 saturated heterocycles. The fourth-order valence-electron chi connectivity index (χ4n) is 1.92. The zero-order chi connectivity index (χ0) is 14.0. The van der Waals surface area contributed by atoms with Gasteiger partial charge in [-0.25, -0.2) is 13.4 Å². The van der Waals surface area contributed by atoms with E-state index in [4.69, 9.17) is 5.73 Å². The van der Waals surface area contributed by atoms with Crippen molar-refractivity contribution in [2.75, 3.05) is 30.0 Å². The van der Waals surface area contributed by atoms with E-state index in [2.05, 4.69) is 4.98 Å². The molecule has 2 rings (SSSR count). The first-order valence-electron chi connectivity index (χ1n) is 5.69. The van der Waals surface area contributed by atoms with Gasteiger partial charge >= 0.3 is 0 Å². The van der Waals surface area contributed by atoms with Crippen molar-refractivity contribution < 1.29 is 13.2 Å². The summed E-state index contributed by atoms with van der Waals surface area (Å²) in [5, 5.41) is -0.793. The summed E-state index contributed by atoms with van der Waals surface area (Å²) in [6.07, 6.45) is 2.64. The average molecular weight is 301 g/mol. The Morgan fingerprint density at radius 1 is 1.58 bits per heavy atom. The molecule has 1 aliphatic rings. The van der Waals surface area contributed by atoms with Crippen molar-refractivity contribution in [3.63, 3.8) is 0 Å². The van der Waals surface area contributed by atoms with Gasteiger partial charge in [-0.05, 0) is 12.1 Å². The van der Waals surface area contributed by atoms with Gasteiger partial charge in [0, 0.05) is 30.5 Å². The molecule has 2 heterocycles. The summed E-state index contributed by atoms with van der Waals surface area (Å²) in [5.41, 5.74) is 5.92. The first kappa shape index (κ1) is 14.1. The molecule has 104 valence electrons. The van der Waals surface area contributed by atoms with Crippen LogP contribution in [0.4, 0.5) is 5.82 Å². The molecule has 2 N–H and O–H groups in total. The van der Waals surface area contributed by atoms with Crippen molar-refractivity contribution in [1.82, 2.24) is 9.88 Å². The first-order chi connectivity index (χ1) is 8.91. The van der Waals surface area contributed by atoms with Crippen LogP contribution in [0.25, 0.3) is 0 Å². The highest BCUT2D eigenvalue weighted by Crippen LogP contribution is 2.23. The monoisotopic (exact) mass is 301 g/mol. The Kier molecular flexibility index (Phi) is 4.00. The molecule has 6 nitrogen and oxygen atoms in total. The number of amides is 1. The normalized spacial score (nSPS) is 20.3. The second kappa shape index (κ2) is 5.38. The number of nitrogens with zero attached hydrogens (tertiary/aromatic N) is 2. The van der Waals surface area contributed by atoms with Crippen molar-refractivity contribution in [2.45, 2.75) is 5.37 Å². The fourth-order valence-corrected chi connectivity index (χ4v) is 4.74. The summed E-state index contributed by atoms with van der Waals surface area (Å²) in [5.74, 6) is 0.863. The molecule has 0 spiro atoms. The van der Waals surface area contributed by atoms with E-state index in [0.717, 1.165) is 12.0 Å². The second-order valence-electron chi connectivity index (χ2n) is 4.29. The maximum Gasteiger partial charge on any atom is 0.258 e. The Morgan fingerprint density at radius 3 is 2.95 bits per heavy atom. The molecule has 1 aromatic rings. The lowest BCUT2D eigenvalue weighted by Crippen LogP contribution is -2.50. The third-order valence-electron chi connectivity index (χ3n) is 2.91. The van der Waals surface area contributed by atoms with Crippen LogP contribution in [0.3, 0.4) is 0 Å². The van der Waals surface area contributed by atoms with Crippen LogP contribution in [-0.4, -0.2) is 53.9 Å². The van der Waals surface area contributed by atoms with Gasteiger partial charge in [-0.2, -0.15) is 11.8 Å². The van der Waals surface area contributed by atoms with Gasteiger partial charge in [-0.1, -0.05) is 0 Å². The molecule has 8 heteroatoms. The Hall–Kier alpha value is -1.28. The van der Waals surface area contributed by atoms with E-state index >= 15 is 0 Å². The largest absolute Gasteiger partial charge is 0.383 e. The van der Waals surface area contributed by atoms with Gasteiger partial charge in [-0.3, -0.25) is 4.79 Å². The highest BCUT2D eigenvalue weighted by Gasteiger charge is 2.35. The summed E-state index contributed by atoms with van der Waals surface area (Å²) < 4.78 is 23.5. The number of anilines is 1. The maximum absolute atomic E-state index is 12.4. The zero-order valence-corrected chi connectivity index (χ0v) is 12.1. The standard InChI is InChI=1S/C11H15N3O3S2/c1-19(16,17)9-7-18-6-5-14(9)11(15)8-3-2-4-13-10(8)12/h2-4,9H,5-7H2,1H3,(H2,12,13). The molecule has 1 fully saturated rings. The number of carbonyl (C=O) groups excluding carboxylic acids is 1. The fraction of sp³-hybridized carbons (Fsp3) is 0.455. The average Bonchev–Trinajstić information content (AvgIpc) is 2.37. The Balaban J connectivity index is 2.34. The Labute approximate surface area is 116 Å². The van der Waals surface area contributed by atoms with E-state index in [0.29, 0.717) is 12.3 Å². The molecule has 1 unspecified atom stereocenters. The lowest BCUT2D eigenvalue weighted by molar-refractivity contribution is 0.0750. The number of carbonyl (C=O) groups is 1. The van der Waals surface area contributed by atoms with Crippen LogP contribution in [0.5, 0.6) is 0 Å². The maximum atomic E-state index is 12.4. The van der Waals surface area contributed by atoms with E-state index in [1.807, 2.05) is 0 Å². The zero-order valence-electron chi connectivity index (χ0n) is 10.4. The lowest BCUT2D eigenvalue weighted by Gasteiger charge is -2.34. The van der Waals surface area contributed by atoms with E-state index in [9.17, 15) is 13.2 Å². The minimum absolute atomic E-state index is 0.123. The molecule has 0 radical (unpaired) electrons. The third kappa shape index (κ3) is 3.01. The van der Waals surface area contributed by atoms with E-state index in [-0.39, 0.29) is 17.3 Å². The quantitative estimate of drug-likeness (QED) is 0.840. The van der Waals surface area contributed by atoms with Crippen molar-refractivity contribution in [3.8, 4) is 0 Å². The van der Waals surface area contributed by atoms with Gasteiger partial charge in [0.25, 0.3) is 5.91 Å². The van der Waals surface area contributed by atoms with Crippen LogP contribution in [-0.2, 0) is 9.84 Å². The van der Waals surface area contributed by atoms with Crippen molar-refractivity contribution in [1.29, 1.82) is 0 Å². The van der Waals surface area contributed by atoms with E-state index in [1.165, 1.54) is 22.9 Å². The summed E-state index contributed by atoms with van der Waals surface area (Å²) in [4.78, 5) is 17.6. The van der Waals surface area contributed by atoms with Crippen molar-refractivity contribution >= 4 is 33.3 Å². The minimum atomic E-state index is -3.32. The van der Waals surface area contributed by atoms with Crippen LogP contribution < -0.4 is 5.73 Å². The van der Waals surface area contributed by atoms with Gasteiger partial charge in [-0.15, -0.1) is 0 Å². The molecular formula is C11H15N3O3S2. The smallest absolute Gasteiger partial charge is 0.258 e. The summed E-state index contributed by atoms with van der Waals surface area (Å²) in [6, 6.07) is 3.17. The topological polar surface area (TPSA) is 93.4 Å². The minimum Gasteiger partial charge on any atom is -0.383 e. The molecule has 1 atom stereocenters.